The lowest BCUT2D eigenvalue weighted by molar-refractivity contribution is 0.149. The molecular formula is C12H14F2O. The number of hydrogen-bond acceptors (Lipinski definition) is 1. The molecule has 0 heterocycles. The minimum Gasteiger partial charge on any atom is -0.388 e. The van der Waals surface area contributed by atoms with E-state index in [4.69, 9.17) is 0 Å². The number of halogens is 2. The van der Waals surface area contributed by atoms with Crippen molar-refractivity contribution in [3.63, 3.8) is 0 Å². The van der Waals surface area contributed by atoms with Crippen molar-refractivity contribution in [1.82, 2.24) is 0 Å². The van der Waals surface area contributed by atoms with Gasteiger partial charge in [-0.15, -0.1) is 0 Å². The summed E-state index contributed by atoms with van der Waals surface area (Å²) in [7, 11) is 0. The number of fused-ring (bicyclic) bond motifs is 1. The van der Waals surface area contributed by atoms with E-state index in [1.54, 1.807) is 6.92 Å². The van der Waals surface area contributed by atoms with Gasteiger partial charge < -0.3 is 5.11 Å². The number of benzene rings is 1. The molecule has 0 saturated carbocycles. The van der Waals surface area contributed by atoms with E-state index >= 15 is 0 Å². The molecule has 0 bridgehead atoms. The highest BCUT2D eigenvalue weighted by Crippen LogP contribution is 2.40. The fraction of sp³-hybridized carbons (Fsp3) is 0.500. The third-order valence-corrected chi connectivity index (χ3v) is 3.26. The summed E-state index contributed by atoms with van der Waals surface area (Å²) in [6, 6.07) is 0.919. The Kier molecular flexibility index (Phi) is 2.51. The molecule has 15 heavy (non-hydrogen) atoms. The van der Waals surface area contributed by atoms with Crippen molar-refractivity contribution in [2.75, 3.05) is 0 Å². The van der Waals surface area contributed by atoms with Crippen molar-refractivity contribution < 1.29 is 13.9 Å². The molecule has 1 N–H and O–H groups in total. The molecule has 1 aromatic rings. The standard InChI is InChI=1S/C12H14F2O/c1-6-3-4-10(15)12-7(2)8(13)5-9(14)11(6)12/h5-6,10,15H,3-4H2,1-2H3/t6?,10-/m0/s1. The molecule has 1 aromatic carbocycles. The highest BCUT2D eigenvalue weighted by atomic mass is 19.1. The molecule has 1 nitrogen and oxygen atoms in total. The molecule has 0 aliphatic heterocycles. The first-order valence-electron chi connectivity index (χ1n) is 5.18. The van der Waals surface area contributed by atoms with Crippen molar-refractivity contribution >= 4 is 0 Å². The SMILES string of the molecule is Cc1c(F)cc(F)c2c1[C@@H](O)CCC2C. The van der Waals surface area contributed by atoms with Gasteiger partial charge in [0.05, 0.1) is 6.10 Å². The maximum atomic E-state index is 13.6. The van der Waals surface area contributed by atoms with Crippen molar-refractivity contribution in [1.29, 1.82) is 0 Å². The van der Waals surface area contributed by atoms with E-state index in [1.165, 1.54) is 0 Å². The van der Waals surface area contributed by atoms with E-state index in [2.05, 4.69) is 0 Å². The van der Waals surface area contributed by atoms with Crippen molar-refractivity contribution in [2.45, 2.75) is 38.7 Å². The fourth-order valence-electron chi connectivity index (χ4n) is 2.38. The zero-order chi connectivity index (χ0) is 11.2. The number of hydrogen-bond donors (Lipinski definition) is 1. The molecule has 0 amide bonds. The molecule has 82 valence electrons. The molecule has 1 unspecified atom stereocenters. The summed E-state index contributed by atoms with van der Waals surface area (Å²) in [5.74, 6) is -1.04. The summed E-state index contributed by atoms with van der Waals surface area (Å²) in [5, 5.41) is 9.78. The lowest BCUT2D eigenvalue weighted by Gasteiger charge is -2.28. The van der Waals surface area contributed by atoms with Crippen LogP contribution < -0.4 is 0 Å². The lowest BCUT2D eigenvalue weighted by atomic mass is 9.80. The van der Waals surface area contributed by atoms with Crippen LogP contribution >= 0.6 is 0 Å². The van der Waals surface area contributed by atoms with Gasteiger partial charge in [0.1, 0.15) is 11.6 Å². The second kappa shape index (κ2) is 3.56. The van der Waals surface area contributed by atoms with Gasteiger partial charge in [-0.3, -0.25) is 0 Å². The fourth-order valence-corrected chi connectivity index (χ4v) is 2.38. The Bertz CT molecular complexity index is 401. The Morgan fingerprint density at radius 1 is 1.20 bits per heavy atom. The first kappa shape index (κ1) is 10.6. The molecular weight excluding hydrogens is 198 g/mol. The summed E-state index contributed by atoms with van der Waals surface area (Å²) < 4.78 is 26.9. The highest BCUT2D eigenvalue weighted by Gasteiger charge is 2.29. The van der Waals surface area contributed by atoms with Crippen LogP contribution in [0.2, 0.25) is 0 Å². The van der Waals surface area contributed by atoms with Gasteiger partial charge in [-0.25, -0.2) is 8.78 Å². The van der Waals surface area contributed by atoms with Gasteiger partial charge in [-0.05, 0) is 42.4 Å². The normalized spacial score (nSPS) is 25.1. The first-order chi connectivity index (χ1) is 7.02. The summed E-state index contributed by atoms with van der Waals surface area (Å²) in [5.41, 5.74) is 1.34. The van der Waals surface area contributed by atoms with E-state index in [1.807, 2.05) is 6.92 Å². The van der Waals surface area contributed by atoms with Crippen LogP contribution in [-0.2, 0) is 0 Å². The predicted molar refractivity (Wildman–Crippen MR) is 53.7 cm³/mol. The van der Waals surface area contributed by atoms with Crippen LogP contribution in [0.5, 0.6) is 0 Å². The molecule has 1 aliphatic rings. The molecule has 0 fully saturated rings. The van der Waals surface area contributed by atoms with Crippen molar-refractivity contribution in [3.8, 4) is 0 Å². The van der Waals surface area contributed by atoms with Gasteiger partial charge >= 0.3 is 0 Å². The van der Waals surface area contributed by atoms with Crippen LogP contribution in [0.25, 0.3) is 0 Å². The maximum Gasteiger partial charge on any atom is 0.129 e. The van der Waals surface area contributed by atoms with E-state index in [0.29, 0.717) is 23.1 Å². The Morgan fingerprint density at radius 3 is 2.53 bits per heavy atom. The van der Waals surface area contributed by atoms with E-state index < -0.39 is 17.7 Å². The van der Waals surface area contributed by atoms with Crippen LogP contribution in [0.4, 0.5) is 8.78 Å². The molecule has 0 radical (unpaired) electrons. The number of aliphatic hydroxyl groups excluding tert-OH is 1. The average molecular weight is 212 g/mol. The second-order valence-electron chi connectivity index (χ2n) is 4.29. The van der Waals surface area contributed by atoms with Crippen LogP contribution in [0.3, 0.4) is 0 Å². The van der Waals surface area contributed by atoms with Crippen molar-refractivity contribution in [2.24, 2.45) is 0 Å². The molecule has 0 aromatic heterocycles. The van der Waals surface area contributed by atoms with Gasteiger partial charge in [0, 0.05) is 6.07 Å². The maximum absolute atomic E-state index is 13.6. The van der Waals surface area contributed by atoms with Crippen LogP contribution in [0, 0.1) is 18.6 Å². The van der Waals surface area contributed by atoms with E-state index in [-0.39, 0.29) is 5.92 Å². The molecule has 1 aliphatic carbocycles. The average Bonchev–Trinajstić information content (AvgIpc) is 2.18. The first-order valence-corrected chi connectivity index (χ1v) is 5.18. The Hall–Kier alpha value is -0.960. The van der Waals surface area contributed by atoms with Crippen molar-refractivity contribution in [3.05, 3.63) is 34.4 Å². The minimum absolute atomic E-state index is 0.0581. The molecule has 0 saturated heterocycles. The third-order valence-electron chi connectivity index (χ3n) is 3.26. The van der Waals surface area contributed by atoms with Gasteiger partial charge in [0.25, 0.3) is 0 Å². The third kappa shape index (κ3) is 1.55. The lowest BCUT2D eigenvalue weighted by Crippen LogP contribution is -2.17. The van der Waals surface area contributed by atoms with Gasteiger partial charge in [0.15, 0.2) is 0 Å². The quantitative estimate of drug-likeness (QED) is 0.700. The Morgan fingerprint density at radius 2 is 1.87 bits per heavy atom. The zero-order valence-corrected chi connectivity index (χ0v) is 8.85. The Labute approximate surface area is 87.7 Å². The summed E-state index contributed by atoms with van der Waals surface area (Å²) in [6.07, 6.45) is 0.607. The molecule has 0 spiro atoms. The minimum atomic E-state index is -0.721. The predicted octanol–water partition coefficient (Wildman–Crippen LogP) is 3.20. The summed E-state index contributed by atoms with van der Waals surface area (Å²) in [4.78, 5) is 0. The van der Waals surface area contributed by atoms with E-state index in [9.17, 15) is 13.9 Å². The highest BCUT2D eigenvalue weighted by molar-refractivity contribution is 5.41. The zero-order valence-electron chi connectivity index (χ0n) is 8.85. The summed E-state index contributed by atoms with van der Waals surface area (Å²) >= 11 is 0. The summed E-state index contributed by atoms with van der Waals surface area (Å²) in [6.45, 7) is 3.50. The molecule has 2 atom stereocenters. The number of aliphatic hydroxyl groups is 1. The smallest absolute Gasteiger partial charge is 0.129 e. The van der Waals surface area contributed by atoms with Crippen LogP contribution in [-0.4, -0.2) is 5.11 Å². The van der Waals surface area contributed by atoms with Crippen LogP contribution in [0.1, 0.15) is 48.5 Å². The second-order valence-corrected chi connectivity index (χ2v) is 4.29. The van der Waals surface area contributed by atoms with Crippen LogP contribution in [0.15, 0.2) is 6.07 Å². The number of rotatable bonds is 0. The Balaban J connectivity index is 2.71. The molecule has 3 heteroatoms. The molecule has 2 rings (SSSR count). The topological polar surface area (TPSA) is 20.2 Å². The monoisotopic (exact) mass is 212 g/mol. The van der Waals surface area contributed by atoms with E-state index in [0.717, 1.165) is 12.5 Å². The van der Waals surface area contributed by atoms with Gasteiger partial charge in [-0.1, -0.05) is 6.92 Å². The van der Waals surface area contributed by atoms with Gasteiger partial charge in [0.2, 0.25) is 0 Å². The largest absolute Gasteiger partial charge is 0.388 e. The van der Waals surface area contributed by atoms with Gasteiger partial charge in [-0.2, -0.15) is 0 Å².